The molecule has 152 valence electrons. The van der Waals surface area contributed by atoms with Crippen LogP contribution in [-0.2, 0) is 11.3 Å². The minimum absolute atomic E-state index is 0.115. The van der Waals surface area contributed by atoms with E-state index in [1.165, 1.54) is 0 Å². The van der Waals surface area contributed by atoms with E-state index in [-0.39, 0.29) is 11.9 Å². The molecule has 1 aliphatic heterocycles. The Morgan fingerprint density at radius 2 is 1.86 bits per heavy atom. The zero-order valence-electron chi connectivity index (χ0n) is 17.2. The molecule has 0 spiro atoms. The minimum Gasteiger partial charge on any atom is -0.354 e. The number of urea groups is 1. The average Bonchev–Trinajstić information content (AvgIpc) is 3.19. The Bertz CT molecular complexity index is 842. The van der Waals surface area contributed by atoms with Gasteiger partial charge in [0.05, 0.1) is 11.0 Å². The molecular weight excluding hydrogens is 354 g/mol. The van der Waals surface area contributed by atoms with Gasteiger partial charge < -0.3 is 15.2 Å². The van der Waals surface area contributed by atoms with E-state index >= 15 is 0 Å². The maximum absolute atomic E-state index is 12.9. The van der Waals surface area contributed by atoms with Gasteiger partial charge in [-0.1, -0.05) is 39.8 Å². The van der Waals surface area contributed by atoms with Crippen molar-refractivity contribution in [3.8, 4) is 0 Å². The molecule has 2 heterocycles. The fraction of sp³-hybridized carbons (Fsp3) is 0.571. The number of hydrogen-bond donors (Lipinski definition) is 2. The Kier molecular flexibility index (Phi) is 6.21. The van der Waals surface area contributed by atoms with E-state index in [1.807, 2.05) is 24.3 Å². The summed E-state index contributed by atoms with van der Waals surface area (Å²) in [6.07, 6.45) is 1.52. The smallest absolute Gasteiger partial charge is 0.324 e. The standard InChI is InChI=1S/C21H31N5O2/c1-14(2)9-10-22-19(27)17(13-15(3)4)24-21(28)26-12-11-25-18-8-6-5-7-16(18)23-20(25)26/h5-8,14-15,17H,9-13H2,1-4H3,(H,22,27)(H,24,28). The predicted octanol–water partition coefficient (Wildman–Crippen LogP) is 3.14. The number of para-hydroxylation sites is 2. The lowest BCUT2D eigenvalue weighted by Crippen LogP contribution is -2.51. The van der Waals surface area contributed by atoms with Crippen LogP contribution in [0.2, 0.25) is 0 Å². The summed E-state index contributed by atoms with van der Waals surface area (Å²) in [5, 5.41) is 5.90. The van der Waals surface area contributed by atoms with Crippen molar-refractivity contribution in [1.82, 2.24) is 20.2 Å². The number of imidazole rings is 1. The molecule has 1 aromatic heterocycles. The molecule has 0 aliphatic carbocycles. The molecule has 0 fully saturated rings. The summed E-state index contributed by atoms with van der Waals surface area (Å²) in [5.74, 6) is 1.35. The number of rotatable bonds is 7. The van der Waals surface area contributed by atoms with Gasteiger partial charge in [-0.2, -0.15) is 0 Å². The van der Waals surface area contributed by atoms with Gasteiger partial charge in [-0.05, 0) is 36.8 Å². The van der Waals surface area contributed by atoms with Crippen molar-refractivity contribution in [2.24, 2.45) is 11.8 Å². The van der Waals surface area contributed by atoms with Crippen LogP contribution in [0.4, 0.5) is 10.7 Å². The molecule has 28 heavy (non-hydrogen) atoms. The quantitative estimate of drug-likeness (QED) is 0.768. The molecule has 0 saturated heterocycles. The highest BCUT2D eigenvalue weighted by Crippen LogP contribution is 2.27. The lowest BCUT2D eigenvalue weighted by Gasteiger charge is -2.23. The molecule has 0 radical (unpaired) electrons. The molecule has 1 atom stereocenters. The van der Waals surface area contributed by atoms with E-state index in [0.29, 0.717) is 43.8 Å². The van der Waals surface area contributed by atoms with E-state index in [4.69, 9.17) is 0 Å². The van der Waals surface area contributed by atoms with Crippen LogP contribution in [0.5, 0.6) is 0 Å². The molecule has 3 rings (SSSR count). The number of aromatic nitrogens is 2. The Balaban J connectivity index is 1.70. The van der Waals surface area contributed by atoms with Gasteiger partial charge in [-0.3, -0.25) is 9.69 Å². The summed E-state index contributed by atoms with van der Waals surface area (Å²) < 4.78 is 2.05. The SMILES string of the molecule is CC(C)CCNC(=O)C(CC(C)C)NC(=O)N1CCn2c1nc1ccccc12. The zero-order chi connectivity index (χ0) is 20.3. The van der Waals surface area contributed by atoms with E-state index in [9.17, 15) is 9.59 Å². The highest BCUT2D eigenvalue weighted by Gasteiger charge is 2.31. The molecule has 2 N–H and O–H groups in total. The van der Waals surface area contributed by atoms with Crippen LogP contribution in [0, 0.1) is 11.8 Å². The molecule has 1 aliphatic rings. The summed E-state index contributed by atoms with van der Waals surface area (Å²) in [7, 11) is 0. The topological polar surface area (TPSA) is 79.3 Å². The van der Waals surface area contributed by atoms with Gasteiger partial charge in [0.15, 0.2) is 0 Å². The van der Waals surface area contributed by atoms with Crippen LogP contribution >= 0.6 is 0 Å². The number of carbonyl (C=O) groups is 2. The number of anilines is 1. The van der Waals surface area contributed by atoms with Gasteiger partial charge >= 0.3 is 6.03 Å². The van der Waals surface area contributed by atoms with Crippen molar-refractivity contribution in [3.63, 3.8) is 0 Å². The number of nitrogens with zero attached hydrogens (tertiary/aromatic N) is 3. The Labute approximate surface area is 166 Å². The largest absolute Gasteiger partial charge is 0.354 e. The summed E-state index contributed by atoms with van der Waals surface area (Å²) in [4.78, 5) is 31.8. The number of nitrogens with one attached hydrogen (secondary N) is 2. The van der Waals surface area contributed by atoms with Gasteiger partial charge in [-0.15, -0.1) is 0 Å². The molecule has 1 aromatic carbocycles. The lowest BCUT2D eigenvalue weighted by atomic mass is 10.0. The Morgan fingerprint density at radius 1 is 1.11 bits per heavy atom. The van der Waals surface area contributed by atoms with Gasteiger partial charge in [0.25, 0.3) is 0 Å². The van der Waals surface area contributed by atoms with Crippen molar-refractivity contribution < 1.29 is 9.59 Å². The number of amides is 3. The van der Waals surface area contributed by atoms with Crippen molar-refractivity contribution in [3.05, 3.63) is 24.3 Å². The second-order valence-electron chi connectivity index (χ2n) is 8.31. The lowest BCUT2D eigenvalue weighted by molar-refractivity contribution is -0.123. The first-order chi connectivity index (χ1) is 13.4. The number of hydrogen-bond acceptors (Lipinski definition) is 3. The van der Waals surface area contributed by atoms with Crippen molar-refractivity contribution in [2.75, 3.05) is 18.0 Å². The normalized spacial score (nSPS) is 14.6. The molecule has 0 saturated carbocycles. The van der Waals surface area contributed by atoms with Gasteiger partial charge in [0.1, 0.15) is 6.04 Å². The summed E-state index contributed by atoms with van der Waals surface area (Å²) >= 11 is 0. The first-order valence-corrected chi connectivity index (χ1v) is 10.2. The first-order valence-electron chi connectivity index (χ1n) is 10.2. The molecule has 3 amide bonds. The minimum atomic E-state index is -0.543. The van der Waals surface area contributed by atoms with Crippen LogP contribution in [0.15, 0.2) is 24.3 Å². The second-order valence-corrected chi connectivity index (χ2v) is 8.31. The molecule has 1 unspecified atom stereocenters. The molecule has 7 heteroatoms. The zero-order valence-corrected chi connectivity index (χ0v) is 17.2. The summed E-state index contributed by atoms with van der Waals surface area (Å²) in [6, 6.07) is 7.06. The Hall–Kier alpha value is -2.57. The number of benzene rings is 1. The van der Waals surface area contributed by atoms with Crippen molar-refractivity contribution in [1.29, 1.82) is 0 Å². The van der Waals surface area contributed by atoms with Crippen LogP contribution in [-0.4, -0.2) is 40.6 Å². The van der Waals surface area contributed by atoms with Crippen LogP contribution in [0.3, 0.4) is 0 Å². The second kappa shape index (κ2) is 8.63. The maximum atomic E-state index is 12.9. The fourth-order valence-electron chi connectivity index (χ4n) is 3.52. The van der Waals surface area contributed by atoms with Crippen molar-refractivity contribution in [2.45, 2.75) is 53.1 Å². The first kappa shape index (κ1) is 20.2. The van der Waals surface area contributed by atoms with Crippen LogP contribution in [0.25, 0.3) is 11.0 Å². The number of carbonyl (C=O) groups excluding carboxylic acids is 2. The third-order valence-electron chi connectivity index (χ3n) is 5.01. The van der Waals surface area contributed by atoms with E-state index < -0.39 is 6.04 Å². The van der Waals surface area contributed by atoms with Crippen LogP contribution in [0.1, 0.15) is 40.5 Å². The highest BCUT2D eigenvalue weighted by molar-refractivity contribution is 5.96. The fourth-order valence-corrected chi connectivity index (χ4v) is 3.52. The monoisotopic (exact) mass is 385 g/mol. The van der Waals surface area contributed by atoms with Gasteiger partial charge in [0.2, 0.25) is 11.9 Å². The predicted molar refractivity (Wildman–Crippen MR) is 111 cm³/mol. The van der Waals surface area contributed by atoms with E-state index in [1.54, 1.807) is 4.90 Å². The van der Waals surface area contributed by atoms with E-state index in [0.717, 1.165) is 17.5 Å². The third-order valence-corrected chi connectivity index (χ3v) is 5.01. The molecule has 0 bridgehead atoms. The summed E-state index contributed by atoms with van der Waals surface area (Å²) in [6.45, 7) is 10.2. The molecule has 7 nitrogen and oxygen atoms in total. The highest BCUT2D eigenvalue weighted by atomic mass is 16.2. The maximum Gasteiger partial charge on any atom is 0.324 e. The molecular formula is C21H31N5O2. The number of fused-ring (bicyclic) bond motifs is 3. The van der Waals surface area contributed by atoms with Gasteiger partial charge in [-0.25, -0.2) is 9.78 Å². The Morgan fingerprint density at radius 3 is 2.57 bits per heavy atom. The van der Waals surface area contributed by atoms with Crippen LogP contribution < -0.4 is 15.5 Å². The average molecular weight is 386 g/mol. The van der Waals surface area contributed by atoms with Gasteiger partial charge in [0, 0.05) is 19.6 Å². The summed E-state index contributed by atoms with van der Waals surface area (Å²) in [5.41, 5.74) is 1.90. The van der Waals surface area contributed by atoms with Crippen molar-refractivity contribution >= 4 is 28.9 Å². The third kappa shape index (κ3) is 4.46. The molecule has 2 aromatic rings. The van der Waals surface area contributed by atoms with E-state index in [2.05, 4.69) is 47.9 Å².